The fourth-order valence-electron chi connectivity index (χ4n) is 1.73. The third-order valence-electron chi connectivity index (χ3n) is 2.58. The average Bonchev–Trinajstić information content (AvgIpc) is 2.76. The van der Waals surface area contributed by atoms with Gasteiger partial charge in [0, 0.05) is 16.1 Å². The van der Waals surface area contributed by atoms with Crippen LogP contribution in [0.1, 0.15) is 0 Å². The highest BCUT2D eigenvalue weighted by atomic mass is 35.5. The summed E-state index contributed by atoms with van der Waals surface area (Å²) < 4.78 is 0. The molecule has 0 saturated carbocycles. The van der Waals surface area contributed by atoms with Crippen molar-refractivity contribution < 1.29 is 0 Å². The number of benzene rings is 2. The molecular weight excluding hydrogens is 234 g/mol. The lowest BCUT2D eigenvalue weighted by atomic mass is 10.2. The Bertz CT molecular complexity index is 643. The van der Waals surface area contributed by atoms with Crippen LogP contribution in [0.2, 0.25) is 5.02 Å². The monoisotopic (exact) mass is 243 g/mol. The van der Waals surface area contributed by atoms with E-state index in [1.54, 1.807) is 0 Å². The van der Waals surface area contributed by atoms with Gasteiger partial charge in [-0.3, -0.25) is 5.10 Å². The Balaban J connectivity index is 1.97. The number of hydrogen-bond acceptors (Lipinski definition) is 2. The second-order valence-corrected chi connectivity index (χ2v) is 4.19. The predicted octanol–water partition coefficient (Wildman–Crippen LogP) is 3.96. The lowest BCUT2D eigenvalue weighted by Crippen LogP contribution is -1.90. The minimum Gasteiger partial charge on any atom is -0.338 e. The van der Waals surface area contributed by atoms with Crippen molar-refractivity contribution in [3.63, 3.8) is 0 Å². The van der Waals surface area contributed by atoms with Gasteiger partial charge in [0.25, 0.3) is 0 Å². The minimum absolute atomic E-state index is 0.724. The van der Waals surface area contributed by atoms with E-state index in [1.807, 2.05) is 48.5 Å². The zero-order valence-corrected chi connectivity index (χ0v) is 9.70. The first-order valence-electron chi connectivity index (χ1n) is 5.28. The highest BCUT2D eigenvalue weighted by Crippen LogP contribution is 2.24. The topological polar surface area (TPSA) is 40.7 Å². The van der Waals surface area contributed by atoms with E-state index in [0.717, 1.165) is 27.4 Å². The Labute approximate surface area is 103 Å². The molecule has 0 amide bonds. The Morgan fingerprint density at radius 1 is 1.00 bits per heavy atom. The van der Waals surface area contributed by atoms with Crippen molar-refractivity contribution in [2.75, 3.05) is 5.32 Å². The third kappa shape index (κ3) is 1.97. The van der Waals surface area contributed by atoms with Crippen LogP contribution in [0.4, 0.5) is 11.5 Å². The van der Waals surface area contributed by atoms with Gasteiger partial charge in [0.1, 0.15) is 0 Å². The van der Waals surface area contributed by atoms with E-state index in [1.165, 1.54) is 0 Å². The number of H-pyrrole nitrogens is 1. The second kappa shape index (κ2) is 4.11. The number of hydrogen-bond donors (Lipinski definition) is 2. The van der Waals surface area contributed by atoms with Crippen molar-refractivity contribution in [2.24, 2.45) is 0 Å². The molecule has 4 heteroatoms. The molecule has 1 heterocycles. The van der Waals surface area contributed by atoms with Crippen molar-refractivity contribution in [1.82, 2.24) is 10.2 Å². The molecule has 0 aliphatic heterocycles. The minimum atomic E-state index is 0.724. The van der Waals surface area contributed by atoms with Crippen LogP contribution in [0, 0.1) is 0 Å². The standard InChI is InChI=1S/C13H10ClN3/c14-9-5-7-10(8-6-9)15-13-11-3-1-2-4-12(11)16-17-13/h1-8H,(H2,15,16,17). The zero-order chi connectivity index (χ0) is 11.7. The molecule has 84 valence electrons. The van der Waals surface area contributed by atoms with Gasteiger partial charge >= 0.3 is 0 Å². The van der Waals surface area contributed by atoms with Crippen LogP contribution in [0.15, 0.2) is 48.5 Å². The normalized spacial score (nSPS) is 10.6. The maximum absolute atomic E-state index is 5.84. The third-order valence-corrected chi connectivity index (χ3v) is 2.83. The van der Waals surface area contributed by atoms with Gasteiger partial charge < -0.3 is 5.32 Å². The van der Waals surface area contributed by atoms with E-state index < -0.39 is 0 Å². The van der Waals surface area contributed by atoms with E-state index in [4.69, 9.17) is 11.6 Å². The molecule has 3 rings (SSSR count). The molecule has 3 nitrogen and oxygen atoms in total. The first-order chi connectivity index (χ1) is 8.33. The van der Waals surface area contributed by atoms with Crippen LogP contribution in [0.5, 0.6) is 0 Å². The number of para-hydroxylation sites is 1. The molecule has 0 fully saturated rings. The van der Waals surface area contributed by atoms with Crippen LogP contribution in [-0.2, 0) is 0 Å². The second-order valence-electron chi connectivity index (χ2n) is 3.75. The fourth-order valence-corrected chi connectivity index (χ4v) is 1.85. The lowest BCUT2D eigenvalue weighted by molar-refractivity contribution is 1.12. The van der Waals surface area contributed by atoms with Gasteiger partial charge in [-0.1, -0.05) is 23.7 Å². The SMILES string of the molecule is Clc1ccc(Nc2n[nH]c3ccccc23)cc1. The highest BCUT2D eigenvalue weighted by Gasteiger charge is 2.04. The molecule has 3 aromatic rings. The number of fused-ring (bicyclic) bond motifs is 1. The molecule has 0 radical (unpaired) electrons. The zero-order valence-electron chi connectivity index (χ0n) is 8.94. The summed E-state index contributed by atoms with van der Waals surface area (Å²) >= 11 is 5.84. The van der Waals surface area contributed by atoms with Gasteiger partial charge in [-0.2, -0.15) is 5.10 Å². The number of aromatic amines is 1. The van der Waals surface area contributed by atoms with E-state index >= 15 is 0 Å². The van der Waals surface area contributed by atoms with Crippen LogP contribution >= 0.6 is 11.6 Å². The van der Waals surface area contributed by atoms with Crippen LogP contribution in [-0.4, -0.2) is 10.2 Å². The Morgan fingerprint density at radius 2 is 1.76 bits per heavy atom. The lowest BCUT2D eigenvalue weighted by Gasteiger charge is -2.03. The summed E-state index contributed by atoms with van der Waals surface area (Å²) in [5, 5.41) is 12.3. The molecule has 0 aliphatic carbocycles. The molecule has 0 unspecified atom stereocenters. The maximum atomic E-state index is 5.84. The summed E-state index contributed by atoms with van der Waals surface area (Å²) in [4.78, 5) is 0. The number of halogens is 1. The highest BCUT2D eigenvalue weighted by molar-refractivity contribution is 6.30. The molecule has 0 spiro atoms. The van der Waals surface area contributed by atoms with Crippen molar-refractivity contribution in [2.45, 2.75) is 0 Å². The molecule has 2 aromatic carbocycles. The molecule has 17 heavy (non-hydrogen) atoms. The van der Waals surface area contributed by atoms with Gasteiger partial charge in [0.05, 0.1) is 5.52 Å². The first-order valence-corrected chi connectivity index (χ1v) is 5.66. The summed E-state index contributed by atoms with van der Waals surface area (Å²) in [5.41, 5.74) is 1.98. The molecule has 2 N–H and O–H groups in total. The fraction of sp³-hybridized carbons (Fsp3) is 0. The molecule has 0 saturated heterocycles. The molecule has 0 bridgehead atoms. The smallest absolute Gasteiger partial charge is 0.160 e. The molecular formula is C13H10ClN3. The number of anilines is 2. The average molecular weight is 244 g/mol. The summed E-state index contributed by atoms with van der Waals surface area (Å²) in [6, 6.07) is 15.5. The van der Waals surface area contributed by atoms with Crippen molar-refractivity contribution >= 4 is 34.0 Å². The summed E-state index contributed by atoms with van der Waals surface area (Å²) in [6.07, 6.45) is 0. The number of nitrogens with one attached hydrogen (secondary N) is 2. The molecule has 0 aliphatic rings. The van der Waals surface area contributed by atoms with Gasteiger partial charge in [-0.15, -0.1) is 0 Å². The van der Waals surface area contributed by atoms with Crippen LogP contribution in [0.25, 0.3) is 10.9 Å². The summed E-state index contributed by atoms with van der Waals surface area (Å²) in [6.45, 7) is 0. The predicted molar refractivity (Wildman–Crippen MR) is 70.8 cm³/mol. The van der Waals surface area contributed by atoms with E-state index in [2.05, 4.69) is 15.5 Å². The van der Waals surface area contributed by atoms with Crippen LogP contribution in [0.3, 0.4) is 0 Å². The number of nitrogens with zero attached hydrogens (tertiary/aromatic N) is 1. The maximum Gasteiger partial charge on any atom is 0.160 e. The van der Waals surface area contributed by atoms with E-state index in [0.29, 0.717) is 0 Å². The molecule has 0 atom stereocenters. The summed E-state index contributed by atoms with van der Waals surface area (Å²) in [7, 11) is 0. The van der Waals surface area contributed by atoms with Gasteiger partial charge in [0.15, 0.2) is 5.82 Å². The van der Waals surface area contributed by atoms with E-state index in [-0.39, 0.29) is 0 Å². The number of rotatable bonds is 2. The Hall–Kier alpha value is -2.00. The van der Waals surface area contributed by atoms with Crippen molar-refractivity contribution in [3.05, 3.63) is 53.6 Å². The number of aromatic nitrogens is 2. The van der Waals surface area contributed by atoms with Crippen LogP contribution < -0.4 is 5.32 Å². The molecule has 1 aromatic heterocycles. The first kappa shape index (κ1) is 10.2. The quantitative estimate of drug-likeness (QED) is 0.715. The Morgan fingerprint density at radius 3 is 2.59 bits per heavy atom. The summed E-state index contributed by atoms with van der Waals surface area (Å²) in [5.74, 6) is 0.822. The van der Waals surface area contributed by atoms with E-state index in [9.17, 15) is 0 Å². The van der Waals surface area contributed by atoms with Crippen molar-refractivity contribution in [1.29, 1.82) is 0 Å². The van der Waals surface area contributed by atoms with Gasteiger partial charge in [-0.25, -0.2) is 0 Å². The van der Waals surface area contributed by atoms with Crippen molar-refractivity contribution in [3.8, 4) is 0 Å². The van der Waals surface area contributed by atoms with Gasteiger partial charge in [0.2, 0.25) is 0 Å². The van der Waals surface area contributed by atoms with Gasteiger partial charge in [-0.05, 0) is 36.4 Å². The Kier molecular flexibility index (Phi) is 2.46. The largest absolute Gasteiger partial charge is 0.338 e.